The molecule has 2 aromatic rings. The lowest BCUT2D eigenvalue weighted by atomic mass is 10.2. The maximum atomic E-state index is 12.8. The van der Waals surface area contributed by atoms with E-state index in [2.05, 4.69) is 21.2 Å². The van der Waals surface area contributed by atoms with Crippen molar-refractivity contribution in [3.05, 3.63) is 53.0 Å². The molecule has 5 nitrogen and oxygen atoms in total. The number of rotatable bonds is 5. The summed E-state index contributed by atoms with van der Waals surface area (Å²) in [6, 6.07) is 12.9. The Morgan fingerprint density at radius 2 is 1.75 bits per heavy atom. The minimum Gasteiger partial charge on any atom is -0.497 e. The normalized spacial score (nSPS) is 11.8. The van der Waals surface area contributed by atoms with Crippen molar-refractivity contribution in [2.24, 2.45) is 0 Å². The number of hydrogen-bond donors (Lipinski definition) is 1. The van der Waals surface area contributed by atoms with Crippen LogP contribution in [0.15, 0.2) is 57.9 Å². The lowest BCUT2D eigenvalue weighted by Crippen LogP contribution is -2.44. The summed E-state index contributed by atoms with van der Waals surface area (Å²) in [5.41, 5.74) is 0.471. The SMILES string of the molecule is COc1cccc(NC(=O)C(C)(C)S(=O)(=O)c2ccc(Br)cc2)c1. The van der Waals surface area contributed by atoms with Crippen molar-refractivity contribution in [2.45, 2.75) is 23.5 Å². The van der Waals surface area contributed by atoms with E-state index in [1.807, 2.05) is 0 Å². The zero-order valence-corrected chi connectivity index (χ0v) is 15.9. The highest BCUT2D eigenvalue weighted by molar-refractivity contribution is 9.10. The van der Waals surface area contributed by atoms with Crippen molar-refractivity contribution in [2.75, 3.05) is 12.4 Å². The van der Waals surface area contributed by atoms with Gasteiger partial charge < -0.3 is 10.1 Å². The molecule has 0 radical (unpaired) electrons. The molecule has 0 bridgehead atoms. The van der Waals surface area contributed by atoms with Crippen LogP contribution in [0.4, 0.5) is 5.69 Å². The van der Waals surface area contributed by atoms with Gasteiger partial charge in [-0.15, -0.1) is 0 Å². The summed E-state index contributed by atoms with van der Waals surface area (Å²) in [6.07, 6.45) is 0. The third-order valence-corrected chi connectivity index (χ3v) is 6.62. The van der Waals surface area contributed by atoms with E-state index in [-0.39, 0.29) is 4.90 Å². The molecule has 0 saturated carbocycles. The van der Waals surface area contributed by atoms with Gasteiger partial charge in [-0.3, -0.25) is 4.79 Å². The summed E-state index contributed by atoms with van der Waals surface area (Å²) in [4.78, 5) is 12.7. The number of halogens is 1. The third-order valence-electron chi connectivity index (χ3n) is 3.67. The predicted octanol–water partition coefficient (Wildman–Crippen LogP) is 3.65. The van der Waals surface area contributed by atoms with Gasteiger partial charge >= 0.3 is 0 Å². The number of methoxy groups -OCH3 is 1. The molecule has 1 amide bonds. The van der Waals surface area contributed by atoms with Gasteiger partial charge in [-0.05, 0) is 50.2 Å². The quantitative estimate of drug-likeness (QED) is 0.814. The van der Waals surface area contributed by atoms with Crippen LogP contribution in [0.2, 0.25) is 0 Å². The standard InChI is InChI=1S/C17H18BrNO4S/c1-17(2,24(21,22)15-9-7-12(18)8-10-15)16(20)19-13-5-4-6-14(11-13)23-3/h4-11H,1-3H3,(H,19,20). The number of benzene rings is 2. The molecule has 7 heteroatoms. The summed E-state index contributed by atoms with van der Waals surface area (Å²) in [5.74, 6) is -0.0416. The maximum Gasteiger partial charge on any atom is 0.245 e. The van der Waals surface area contributed by atoms with Crippen LogP contribution in [0.3, 0.4) is 0 Å². The molecule has 0 atom stereocenters. The highest BCUT2D eigenvalue weighted by Crippen LogP contribution is 2.28. The van der Waals surface area contributed by atoms with Crippen molar-refractivity contribution in [3.8, 4) is 5.75 Å². The number of nitrogens with one attached hydrogen (secondary N) is 1. The molecule has 0 heterocycles. The Morgan fingerprint density at radius 3 is 2.33 bits per heavy atom. The summed E-state index contributed by atoms with van der Waals surface area (Å²) < 4.78 is 29.9. The van der Waals surface area contributed by atoms with Gasteiger partial charge in [0.1, 0.15) is 10.5 Å². The first-order valence-corrected chi connectivity index (χ1v) is 9.42. The average Bonchev–Trinajstić information content (AvgIpc) is 2.55. The Hall–Kier alpha value is -1.86. The lowest BCUT2D eigenvalue weighted by Gasteiger charge is -2.24. The van der Waals surface area contributed by atoms with Crippen molar-refractivity contribution >= 4 is 37.4 Å². The number of hydrogen-bond acceptors (Lipinski definition) is 4. The minimum absolute atomic E-state index is 0.0940. The molecule has 0 fully saturated rings. The zero-order valence-electron chi connectivity index (χ0n) is 13.5. The van der Waals surface area contributed by atoms with Gasteiger partial charge in [-0.25, -0.2) is 8.42 Å². The summed E-state index contributed by atoms with van der Waals surface area (Å²) in [5, 5.41) is 2.64. The molecule has 0 saturated heterocycles. The zero-order chi connectivity index (χ0) is 18.0. The largest absolute Gasteiger partial charge is 0.497 e. The van der Waals surface area contributed by atoms with Crippen LogP contribution in [0.5, 0.6) is 5.75 Å². The van der Waals surface area contributed by atoms with Gasteiger partial charge in [0.15, 0.2) is 9.84 Å². The van der Waals surface area contributed by atoms with Gasteiger partial charge in [-0.1, -0.05) is 22.0 Å². The first-order valence-electron chi connectivity index (χ1n) is 7.14. The topological polar surface area (TPSA) is 72.5 Å². The fourth-order valence-electron chi connectivity index (χ4n) is 2.01. The van der Waals surface area contributed by atoms with E-state index in [1.165, 1.54) is 33.1 Å². The third kappa shape index (κ3) is 3.62. The molecule has 2 aromatic carbocycles. The molecule has 128 valence electrons. The summed E-state index contributed by atoms with van der Waals surface area (Å²) in [6.45, 7) is 2.78. The smallest absolute Gasteiger partial charge is 0.245 e. The number of sulfone groups is 1. The van der Waals surface area contributed by atoms with Crippen LogP contribution in [-0.4, -0.2) is 26.2 Å². The second-order valence-corrected chi connectivity index (χ2v) is 9.07. The van der Waals surface area contributed by atoms with Crippen LogP contribution in [0.1, 0.15) is 13.8 Å². The van der Waals surface area contributed by atoms with E-state index < -0.39 is 20.5 Å². The highest BCUT2D eigenvalue weighted by atomic mass is 79.9. The molecule has 2 rings (SSSR count). The fraction of sp³-hybridized carbons (Fsp3) is 0.235. The first-order chi connectivity index (χ1) is 11.2. The molecule has 0 unspecified atom stereocenters. The van der Waals surface area contributed by atoms with Gasteiger partial charge in [-0.2, -0.15) is 0 Å². The van der Waals surface area contributed by atoms with Crippen LogP contribution >= 0.6 is 15.9 Å². The highest BCUT2D eigenvalue weighted by Gasteiger charge is 2.42. The first kappa shape index (κ1) is 18.5. The summed E-state index contributed by atoms with van der Waals surface area (Å²) >= 11 is 3.26. The average molecular weight is 412 g/mol. The van der Waals surface area contributed by atoms with E-state index in [0.29, 0.717) is 11.4 Å². The molecular formula is C17H18BrNO4S. The number of anilines is 1. The second-order valence-electron chi connectivity index (χ2n) is 5.65. The second kappa shape index (κ2) is 6.94. The predicted molar refractivity (Wildman–Crippen MR) is 97.0 cm³/mol. The number of carbonyl (C=O) groups is 1. The van der Waals surface area contributed by atoms with Crippen LogP contribution in [0.25, 0.3) is 0 Å². The number of carbonyl (C=O) groups excluding carboxylic acids is 1. The molecule has 0 aliphatic carbocycles. The van der Waals surface area contributed by atoms with E-state index in [4.69, 9.17) is 4.74 Å². The van der Waals surface area contributed by atoms with Crippen molar-refractivity contribution < 1.29 is 17.9 Å². The Kier molecular flexibility index (Phi) is 5.35. The van der Waals surface area contributed by atoms with Gasteiger partial charge in [0.25, 0.3) is 0 Å². The van der Waals surface area contributed by atoms with Gasteiger partial charge in [0.05, 0.1) is 12.0 Å². The van der Waals surface area contributed by atoms with E-state index in [0.717, 1.165) is 4.47 Å². The van der Waals surface area contributed by atoms with Crippen LogP contribution in [-0.2, 0) is 14.6 Å². The molecule has 0 spiro atoms. The molecule has 0 aromatic heterocycles. The van der Waals surface area contributed by atoms with Crippen LogP contribution in [0, 0.1) is 0 Å². The van der Waals surface area contributed by atoms with Crippen molar-refractivity contribution in [1.29, 1.82) is 0 Å². The van der Waals surface area contributed by atoms with Crippen molar-refractivity contribution in [1.82, 2.24) is 0 Å². The molecular weight excluding hydrogens is 394 g/mol. The Labute approximate surface area is 150 Å². The molecule has 24 heavy (non-hydrogen) atoms. The molecule has 0 aliphatic heterocycles. The van der Waals surface area contributed by atoms with Gasteiger partial charge in [0.2, 0.25) is 5.91 Å². The van der Waals surface area contributed by atoms with Gasteiger partial charge in [0, 0.05) is 16.2 Å². The Bertz CT molecular complexity index is 845. The van der Waals surface area contributed by atoms with Crippen molar-refractivity contribution in [3.63, 3.8) is 0 Å². The number of amides is 1. The fourth-order valence-corrected chi connectivity index (χ4v) is 3.66. The van der Waals surface area contributed by atoms with Crippen LogP contribution < -0.4 is 10.1 Å². The maximum absolute atomic E-state index is 12.8. The number of ether oxygens (including phenoxy) is 1. The molecule has 0 aliphatic rings. The Morgan fingerprint density at radius 1 is 1.12 bits per heavy atom. The lowest BCUT2D eigenvalue weighted by molar-refractivity contribution is -0.117. The van der Waals surface area contributed by atoms with E-state index >= 15 is 0 Å². The monoisotopic (exact) mass is 411 g/mol. The summed E-state index contributed by atoms with van der Waals surface area (Å²) in [7, 11) is -2.34. The minimum atomic E-state index is -3.85. The van der Waals surface area contributed by atoms with E-state index in [1.54, 1.807) is 36.4 Å². The van der Waals surface area contributed by atoms with E-state index in [9.17, 15) is 13.2 Å². The Balaban J connectivity index is 2.30. The molecule has 1 N–H and O–H groups in total.